The zero-order chi connectivity index (χ0) is 43.2. The van der Waals surface area contributed by atoms with Crippen molar-refractivity contribution in [2.75, 3.05) is 0 Å². The van der Waals surface area contributed by atoms with Gasteiger partial charge in [-0.1, -0.05) is 249 Å². The molecule has 0 N–H and O–H groups in total. The summed E-state index contributed by atoms with van der Waals surface area (Å²) in [7, 11) is 0. The number of nitrogens with zero attached hydrogens (tertiary/aromatic N) is 2. The van der Waals surface area contributed by atoms with E-state index >= 15 is 0 Å². The topological polar surface area (TPSA) is 25.8 Å². The van der Waals surface area contributed by atoms with E-state index < -0.39 is 5.41 Å². The Morgan fingerprint density at radius 1 is 0.262 bits per heavy atom. The minimum atomic E-state index is -0.425. The number of benzene rings is 10. The third-order valence-corrected chi connectivity index (χ3v) is 13.2. The number of hydrogen-bond donors (Lipinski definition) is 0. The first-order valence-corrected chi connectivity index (χ1v) is 22.3. The largest absolute Gasteiger partial charge is 0.228 e. The molecule has 1 aliphatic carbocycles. The summed E-state index contributed by atoms with van der Waals surface area (Å²) in [5, 5.41) is 2.34. The third-order valence-electron chi connectivity index (χ3n) is 13.2. The minimum Gasteiger partial charge on any atom is -0.228 e. The van der Waals surface area contributed by atoms with Crippen LogP contribution in [0.1, 0.15) is 22.3 Å². The predicted molar refractivity (Wildman–Crippen MR) is 269 cm³/mol. The molecule has 0 spiro atoms. The van der Waals surface area contributed by atoms with E-state index in [1.165, 1.54) is 72.1 Å². The lowest BCUT2D eigenvalue weighted by molar-refractivity contribution is 0.768. The summed E-state index contributed by atoms with van der Waals surface area (Å²) in [6, 6.07) is 91.9. The van der Waals surface area contributed by atoms with Gasteiger partial charge in [0.2, 0.25) is 0 Å². The fourth-order valence-corrected chi connectivity index (χ4v) is 10.3. The smallest absolute Gasteiger partial charge is 0.160 e. The van der Waals surface area contributed by atoms with Gasteiger partial charge in [0.05, 0.1) is 16.8 Å². The second kappa shape index (κ2) is 16.0. The van der Waals surface area contributed by atoms with Crippen molar-refractivity contribution in [2.45, 2.75) is 5.41 Å². The molecule has 2 heteroatoms. The molecule has 0 bridgehead atoms. The quantitative estimate of drug-likeness (QED) is 0.152. The van der Waals surface area contributed by atoms with Crippen molar-refractivity contribution in [1.29, 1.82) is 0 Å². The van der Waals surface area contributed by atoms with Crippen molar-refractivity contribution >= 4 is 10.8 Å². The SMILES string of the molecule is c1ccc(-c2cc(-c3ccc(-c4ccc(-c5ccc(-c6cccc7c6-c6ccccc6C7(c6ccccc6)c6ccccc6)cc5)cc4)c4ccccc34)nc(-c3ccccc3)n2)cc1. The fraction of sp³-hybridized carbons (Fsp3) is 0.0159. The molecule has 0 atom stereocenters. The molecule has 12 rings (SSSR count). The molecule has 0 aliphatic heterocycles. The van der Waals surface area contributed by atoms with Crippen molar-refractivity contribution in [1.82, 2.24) is 9.97 Å². The second-order valence-corrected chi connectivity index (χ2v) is 16.8. The summed E-state index contributed by atoms with van der Waals surface area (Å²) in [5.74, 6) is 0.713. The lowest BCUT2D eigenvalue weighted by Gasteiger charge is -2.34. The number of hydrogen-bond acceptors (Lipinski definition) is 2. The highest BCUT2D eigenvalue weighted by Crippen LogP contribution is 2.58. The Kier molecular flexibility index (Phi) is 9.43. The molecule has 10 aromatic carbocycles. The monoisotopic (exact) mass is 826 g/mol. The molecule has 0 radical (unpaired) electrons. The van der Waals surface area contributed by atoms with Gasteiger partial charge < -0.3 is 0 Å². The molecule has 1 heterocycles. The molecule has 304 valence electrons. The average molecular weight is 827 g/mol. The molecular weight excluding hydrogens is 785 g/mol. The molecule has 0 saturated carbocycles. The van der Waals surface area contributed by atoms with Crippen LogP contribution in [0.2, 0.25) is 0 Å². The van der Waals surface area contributed by atoms with Crippen LogP contribution < -0.4 is 0 Å². The number of rotatable bonds is 8. The first-order chi connectivity index (χ1) is 32.2. The van der Waals surface area contributed by atoms with Crippen LogP contribution in [0.5, 0.6) is 0 Å². The van der Waals surface area contributed by atoms with Gasteiger partial charge in [-0.2, -0.15) is 0 Å². The summed E-state index contributed by atoms with van der Waals surface area (Å²) in [6.45, 7) is 0. The highest BCUT2D eigenvalue weighted by atomic mass is 14.9. The molecule has 0 unspecified atom stereocenters. The Morgan fingerprint density at radius 2 is 0.708 bits per heavy atom. The van der Waals surface area contributed by atoms with E-state index in [0.29, 0.717) is 5.82 Å². The van der Waals surface area contributed by atoms with Crippen LogP contribution in [-0.2, 0) is 5.41 Å². The molecular formula is C63H42N2. The van der Waals surface area contributed by atoms with Crippen molar-refractivity contribution < 1.29 is 0 Å². The van der Waals surface area contributed by atoms with Gasteiger partial charge in [0, 0.05) is 16.7 Å². The van der Waals surface area contributed by atoms with E-state index in [4.69, 9.17) is 9.97 Å². The standard InChI is InChI=1S/C63H42N2/c1-5-18-47(19-6-1)59-42-60(65-62(64-59)48-20-7-2-8-21-48)55-41-40-51(53-26-13-14-27-54(53)55)45-36-32-43(33-37-45)44-34-38-46(39-35-44)52-29-17-31-58-61(52)56-28-15-16-30-57(56)63(58,49-22-9-3-10-23-49)50-24-11-4-12-25-50/h1-42H. The maximum atomic E-state index is 5.17. The zero-order valence-corrected chi connectivity index (χ0v) is 35.6. The molecule has 1 aromatic heterocycles. The first kappa shape index (κ1) is 38.2. The van der Waals surface area contributed by atoms with E-state index in [0.717, 1.165) is 33.5 Å². The van der Waals surface area contributed by atoms with E-state index in [-0.39, 0.29) is 0 Å². The van der Waals surface area contributed by atoms with Gasteiger partial charge in [-0.3, -0.25) is 0 Å². The van der Waals surface area contributed by atoms with Crippen LogP contribution >= 0.6 is 0 Å². The zero-order valence-electron chi connectivity index (χ0n) is 35.6. The average Bonchev–Trinajstić information content (AvgIpc) is 3.71. The van der Waals surface area contributed by atoms with Gasteiger partial charge in [-0.15, -0.1) is 0 Å². The molecule has 65 heavy (non-hydrogen) atoms. The summed E-state index contributed by atoms with van der Waals surface area (Å²) in [5.41, 5.74) is 19.5. The number of fused-ring (bicyclic) bond motifs is 4. The molecule has 0 amide bonds. The number of aromatic nitrogens is 2. The van der Waals surface area contributed by atoms with Crippen LogP contribution in [0.3, 0.4) is 0 Å². The maximum absolute atomic E-state index is 5.17. The van der Waals surface area contributed by atoms with Crippen LogP contribution in [-0.4, -0.2) is 9.97 Å². The van der Waals surface area contributed by atoms with Crippen LogP contribution in [0.25, 0.3) is 89.2 Å². The van der Waals surface area contributed by atoms with E-state index in [9.17, 15) is 0 Å². The van der Waals surface area contributed by atoms with Crippen molar-refractivity contribution in [3.05, 3.63) is 277 Å². The van der Waals surface area contributed by atoms with Gasteiger partial charge in [0.25, 0.3) is 0 Å². The Balaban J connectivity index is 0.892. The van der Waals surface area contributed by atoms with Gasteiger partial charge in [-0.05, 0) is 83.6 Å². The molecule has 1 aliphatic rings. The van der Waals surface area contributed by atoms with Crippen molar-refractivity contribution in [2.24, 2.45) is 0 Å². The summed E-state index contributed by atoms with van der Waals surface area (Å²) >= 11 is 0. The van der Waals surface area contributed by atoms with E-state index in [1.807, 2.05) is 24.3 Å². The normalized spacial score (nSPS) is 12.4. The van der Waals surface area contributed by atoms with Crippen LogP contribution in [0.4, 0.5) is 0 Å². The van der Waals surface area contributed by atoms with Gasteiger partial charge in [0.15, 0.2) is 5.82 Å². The maximum Gasteiger partial charge on any atom is 0.160 e. The Labute approximate surface area is 379 Å². The van der Waals surface area contributed by atoms with Crippen LogP contribution in [0.15, 0.2) is 255 Å². The third kappa shape index (κ3) is 6.50. The highest BCUT2D eigenvalue weighted by molar-refractivity contribution is 6.05. The van der Waals surface area contributed by atoms with Crippen LogP contribution in [0, 0.1) is 0 Å². The molecule has 11 aromatic rings. The summed E-state index contributed by atoms with van der Waals surface area (Å²) in [4.78, 5) is 10.2. The van der Waals surface area contributed by atoms with Crippen molar-refractivity contribution in [3.8, 4) is 78.4 Å². The van der Waals surface area contributed by atoms with E-state index in [2.05, 4.69) is 231 Å². The predicted octanol–water partition coefficient (Wildman–Crippen LogP) is 16.0. The highest BCUT2D eigenvalue weighted by Gasteiger charge is 2.46. The first-order valence-electron chi connectivity index (χ1n) is 22.3. The second-order valence-electron chi connectivity index (χ2n) is 16.8. The minimum absolute atomic E-state index is 0.425. The van der Waals surface area contributed by atoms with Gasteiger partial charge in [0.1, 0.15) is 0 Å². The molecule has 0 saturated heterocycles. The van der Waals surface area contributed by atoms with Crippen molar-refractivity contribution in [3.63, 3.8) is 0 Å². The lowest BCUT2D eigenvalue weighted by Crippen LogP contribution is -2.28. The lowest BCUT2D eigenvalue weighted by atomic mass is 9.67. The summed E-state index contributed by atoms with van der Waals surface area (Å²) < 4.78 is 0. The van der Waals surface area contributed by atoms with E-state index in [1.54, 1.807) is 0 Å². The summed E-state index contributed by atoms with van der Waals surface area (Å²) in [6.07, 6.45) is 0. The molecule has 0 fully saturated rings. The molecule has 2 nitrogen and oxygen atoms in total. The Morgan fingerprint density at radius 3 is 1.34 bits per heavy atom. The fourth-order valence-electron chi connectivity index (χ4n) is 10.3. The Bertz CT molecular complexity index is 3390. The Hall–Kier alpha value is -8.46. The van der Waals surface area contributed by atoms with Gasteiger partial charge in [-0.25, -0.2) is 9.97 Å². The van der Waals surface area contributed by atoms with Gasteiger partial charge >= 0.3 is 0 Å².